The number of pyridine rings is 1. The number of hydrogen-bond acceptors (Lipinski definition) is 5. The number of carbonyl (C=O) groups excluding carboxylic acids is 1. The largest absolute Gasteiger partial charge is 0.465 e. The SMILES string of the molecule is COC(=O)c1c(C(F)F)ncc(C#N)c1N. The van der Waals surface area contributed by atoms with E-state index in [1.165, 1.54) is 0 Å². The number of anilines is 1. The van der Waals surface area contributed by atoms with Crippen molar-refractivity contribution in [1.29, 1.82) is 5.26 Å². The lowest BCUT2D eigenvalue weighted by Gasteiger charge is -2.09. The van der Waals surface area contributed by atoms with Crippen LogP contribution in [0.1, 0.15) is 28.0 Å². The van der Waals surface area contributed by atoms with Crippen molar-refractivity contribution in [2.24, 2.45) is 0 Å². The van der Waals surface area contributed by atoms with Crippen LogP contribution in [0.25, 0.3) is 0 Å². The Morgan fingerprint density at radius 3 is 2.75 bits per heavy atom. The normalized spacial score (nSPS) is 9.94. The van der Waals surface area contributed by atoms with E-state index in [2.05, 4.69) is 9.72 Å². The molecule has 1 rings (SSSR count). The van der Waals surface area contributed by atoms with E-state index < -0.39 is 23.7 Å². The highest BCUT2D eigenvalue weighted by atomic mass is 19.3. The van der Waals surface area contributed by atoms with Crippen molar-refractivity contribution in [3.05, 3.63) is 23.0 Å². The minimum atomic E-state index is -2.97. The van der Waals surface area contributed by atoms with Crippen LogP contribution in [-0.4, -0.2) is 18.1 Å². The summed E-state index contributed by atoms with van der Waals surface area (Å²) >= 11 is 0. The molecule has 0 unspecified atom stereocenters. The van der Waals surface area contributed by atoms with E-state index in [4.69, 9.17) is 11.0 Å². The van der Waals surface area contributed by atoms with Gasteiger partial charge in [0.1, 0.15) is 17.3 Å². The van der Waals surface area contributed by atoms with Crippen molar-refractivity contribution in [1.82, 2.24) is 4.98 Å². The fraction of sp³-hybridized carbons (Fsp3) is 0.222. The summed E-state index contributed by atoms with van der Waals surface area (Å²) < 4.78 is 29.4. The van der Waals surface area contributed by atoms with Gasteiger partial charge in [0.25, 0.3) is 6.43 Å². The molecule has 0 fully saturated rings. The molecule has 84 valence electrons. The maximum Gasteiger partial charge on any atom is 0.342 e. The molecule has 0 aliphatic carbocycles. The van der Waals surface area contributed by atoms with Crippen molar-refractivity contribution in [3.8, 4) is 6.07 Å². The van der Waals surface area contributed by atoms with Crippen molar-refractivity contribution < 1.29 is 18.3 Å². The minimum absolute atomic E-state index is 0.148. The molecular formula is C9H7F2N3O2. The van der Waals surface area contributed by atoms with Gasteiger partial charge < -0.3 is 10.5 Å². The number of rotatable bonds is 2. The molecule has 0 radical (unpaired) electrons. The van der Waals surface area contributed by atoms with Crippen molar-refractivity contribution in [3.63, 3.8) is 0 Å². The predicted octanol–water partition coefficient (Wildman–Crippen LogP) is 1.26. The number of hydrogen-bond donors (Lipinski definition) is 1. The van der Waals surface area contributed by atoms with Gasteiger partial charge in [-0.2, -0.15) is 5.26 Å². The second kappa shape index (κ2) is 4.53. The fourth-order valence-electron chi connectivity index (χ4n) is 1.11. The van der Waals surface area contributed by atoms with E-state index in [9.17, 15) is 13.6 Å². The van der Waals surface area contributed by atoms with Gasteiger partial charge in [0, 0.05) is 6.20 Å². The number of aromatic nitrogens is 1. The van der Waals surface area contributed by atoms with Gasteiger partial charge in [0.05, 0.1) is 18.4 Å². The van der Waals surface area contributed by atoms with E-state index in [0.29, 0.717) is 0 Å². The molecule has 7 heteroatoms. The average Bonchev–Trinajstić information content (AvgIpc) is 2.27. The number of carbonyl (C=O) groups is 1. The summed E-state index contributed by atoms with van der Waals surface area (Å²) in [5.41, 5.74) is 3.57. The smallest absolute Gasteiger partial charge is 0.342 e. The molecule has 1 aromatic rings. The van der Waals surface area contributed by atoms with Crippen molar-refractivity contribution >= 4 is 11.7 Å². The van der Waals surface area contributed by atoms with Crippen LogP contribution in [0.2, 0.25) is 0 Å². The van der Waals surface area contributed by atoms with Crippen LogP contribution < -0.4 is 5.73 Å². The highest BCUT2D eigenvalue weighted by molar-refractivity contribution is 5.97. The molecular weight excluding hydrogens is 220 g/mol. The highest BCUT2D eigenvalue weighted by Crippen LogP contribution is 2.27. The highest BCUT2D eigenvalue weighted by Gasteiger charge is 2.25. The van der Waals surface area contributed by atoms with E-state index in [0.717, 1.165) is 13.3 Å². The maximum absolute atomic E-state index is 12.5. The van der Waals surface area contributed by atoms with Gasteiger partial charge in [-0.25, -0.2) is 13.6 Å². The van der Waals surface area contributed by atoms with Gasteiger partial charge in [-0.15, -0.1) is 0 Å². The summed E-state index contributed by atoms with van der Waals surface area (Å²) in [6.45, 7) is 0. The quantitative estimate of drug-likeness (QED) is 0.768. The van der Waals surface area contributed by atoms with Gasteiger partial charge in [0.2, 0.25) is 0 Å². The Morgan fingerprint density at radius 1 is 1.69 bits per heavy atom. The predicted molar refractivity (Wildman–Crippen MR) is 49.7 cm³/mol. The van der Waals surface area contributed by atoms with Crippen LogP contribution in [0, 0.1) is 11.3 Å². The molecule has 0 aliphatic rings. The maximum atomic E-state index is 12.5. The molecule has 1 aromatic heterocycles. The first-order valence-corrected chi connectivity index (χ1v) is 4.07. The number of halogens is 2. The first-order chi connectivity index (χ1) is 7.52. The zero-order valence-corrected chi connectivity index (χ0v) is 8.20. The lowest BCUT2D eigenvalue weighted by atomic mass is 10.1. The molecule has 2 N–H and O–H groups in total. The zero-order valence-electron chi connectivity index (χ0n) is 8.20. The molecule has 0 amide bonds. The zero-order chi connectivity index (χ0) is 12.3. The third kappa shape index (κ3) is 1.91. The van der Waals surface area contributed by atoms with Gasteiger partial charge in [-0.05, 0) is 0 Å². The topological polar surface area (TPSA) is 89.0 Å². The molecule has 0 spiro atoms. The number of nitriles is 1. The second-order valence-corrected chi connectivity index (χ2v) is 2.75. The van der Waals surface area contributed by atoms with Crippen LogP contribution >= 0.6 is 0 Å². The van der Waals surface area contributed by atoms with Crippen molar-refractivity contribution in [2.75, 3.05) is 12.8 Å². The Labute approximate surface area is 89.4 Å². The molecule has 1 heterocycles. The minimum Gasteiger partial charge on any atom is -0.465 e. The fourth-order valence-corrected chi connectivity index (χ4v) is 1.11. The molecule has 0 atom stereocenters. The van der Waals surface area contributed by atoms with E-state index in [-0.39, 0.29) is 11.3 Å². The van der Waals surface area contributed by atoms with Crippen molar-refractivity contribution in [2.45, 2.75) is 6.43 Å². The van der Waals surface area contributed by atoms with Gasteiger partial charge in [0.15, 0.2) is 0 Å². The standard InChI is InChI=1S/C9H7F2N3O2/c1-16-9(15)5-6(13)4(2-12)3-14-7(5)8(10)11/h3,8H,1H3,(H2,13,14). The van der Waals surface area contributed by atoms with E-state index in [1.807, 2.05) is 0 Å². The lowest BCUT2D eigenvalue weighted by molar-refractivity contribution is 0.0588. The third-order valence-corrected chi connectivity index (χ3v) is 1.87. The van der Waals surface area contributed by atoms with Crippen LogP contribution in [0.3, 0.4) is 0 Å². The van der Waals surface area contributed by atoms with Crippen LogP contribution in [0.5, 0.6) is 0 Å². The summed E-state index contributed by atoms with van der Waals surface area (Å²) in [7, 11) is 1.02. The summed E-state index contributed by atoms with van der Waals surface area (Å²) in [5.74, 6) is -1.04. The van der Waals surface area contributed by atoms with Crippen LogP contribution in [0.15, 0.2) is 6.20 Å². The number of alkyl halides is 2. The molecule has 0 aliphatic heterocycles. The molecule has 0 saturated heterocycles. The average molecular weight is 227 g/mol. The molecule has 0 saturated carbocycles. The Balaban J connectivity index is 3.50. The monoisotopic (exact) mass is 227 g/mol. The van der Waals surface area contributed by atoms with E-state index in [1.54, 1.807) is 6.07 Å². The molecule has 0 aromatic carbocycles. The number of ether oxygens (including phenoxy) is 1. The van der Waals surface area contributed by atoms with Crippen LogP contribution in [-0.2, 0) is 4.74 Å². The second-order valence-electron chi connectivity index (χ2n) is 2.75. The summed E-state index contributed by atoms with van der Waals surface area (Å²) in [5, 5.41) is 8.62. The lowest BCUT2D eigenvalue weighted by Crippen LogP contribution is -2.13. The summed E-state index contributed by atoms with van der Waals surface area (Å²) in [6, 6.07) is 1.64. The van der Waals surface area contributed by atoms with Gasteiger partial charge >= 0.3 is 5.97 Å². The van der Waals surface area contributed by atoms with Crippen LogP contribution in [0.4, 0.5) is 14.5 Å². The Morgan fingerprint density at radius 2 is 2.31 bits per heavy atom. The molecule has 0 bridgehead atoms. The Kier molecular flexibility index (Phi) is 3.35. The number of nitrogens with two attached hydrogens (primary N) is 1. The van der Waals surface area contributed by atoms with Gasteiger partial charge in [-0.1, -0.05) is 0 Å². The Bertz CT molecular complexity index is 469. The van der Waals surface area contributed by atoms with E-state index >= 15 is 0 Å². The third-order valence-electron chi connectivity index (χ3n) is 1.87. The number of esters is 1. The number of nitrogens with zero attached hydrogens (tertiary/aromatic N) is 2. The molecule has 16 heavy (non-hydrogen) atoms. The number of nitrogen functional groups attached to an aromatic ring is 1. The first kappa shape index (κ1) is 11.8. The molecule has 5 nitrogen and oxygen atoms in total. The number of methoxy groups -OCH3 is 1. The summed E-state index contributed by atoms with van der Waals surface area (Å²) in [4.78, 5) is 14.6. The first-order valence-electron chi connectivity index (χ1n) is 4.07. The summed E-state index contributed by atoms with van der Waals surface area (Å²) in [6.07, 6.45) is -2.08. The van der Waals surface area contributed by atoms with Gasteiger partial charge in [-0.3, -0.25) is 4.98 Å². The Hall–Kier alpha value is -2.23.